The fourth-order valence-corrected chi connectivity index (χ4v) is 3.77. The standard InChI is InChI=1S/C19H21N3O4/c1-11(2)26-19(24)16-17-15-5-4-8-21(15)18(23)13-9-12(25-3)6-7-14(13)22(17)10-20-16/h6-7,9-11,15H,4-5,8H2,1-3H3/t15-/m0/s1. The Morgan fingerprint density at radius 1 is 1.35 bits per heavy atom. The summed E-state index contributed by atoms with van der Waals surface area (Å²) in [6.07, 6.45) is 3.06. The molecule has 0 saturated carbocycles. The lowest BCUT2D eigenvalue weighted by molar-refractivity contribution is 0.0366. The lowest BCUT2D eigenvalue weighted by atomic mass is 10.1. The minimum atomic E-state index is -0.454. The molecule has 1 fully saturated rings. The Morgan fingerprint density at radius 2 is 2.15 bits per heavy atom. The third-order valence-electron chi connectivity index (χ3n) is 4.86. The number of carbonyl (C=O) groups excluding carboxylic acids is 2. The minimum absolute atomic E-state index is 0.0479. The van der Waals surface area contributed by atoms with Crippen LogP contribution in [-0.4, -0.2) is 46.1 Å². The summed E-state index contributed by atoms with van der Waals surface area (Å²) in [5, 5.41) is 0. The van der Waals surface area contributed by atoms with Gasteiger partial charge < -0.3 is 14.4 Å². The lowest BCUT2D eigenvalue weighted by Gasteiger charge is -2.23. The van der Waals surface area contributed by atoms with Gasteiger partial charge in [-0.05, 0) is 44.9 Å². The first kappa shape index (κ1) is 16.6. The largest absolute Gasteiger partial charge is 0.497 e. The van der Waals surface area contributed by atoms with E-state index >= 15 is 0 Å². The third kappa shape index (κ3) is 2.46. The number of rotatable bonds is 3. The van der Waals surface area contributed by atoms with Crippen molar-refractivity contribution in [2.75, 3.05) is 13.7 Å². The van der Waals surface area contributed by atoms with E-state index in [0.29, 0.717) is 23.5 Å². The zero-order valence-electron chi connectivity index (χ0n) is 15.1. The van der Waals surface area contributed by atoms with Gasteiger partial charge in [0.05, 0.1) is 36.2 Å². The summed E-state index contributed by atoms with van der Waals surface area (Å²) in [7, 11) is 1.57. The quantitative estimate of drug-likeness (QED) is 0.792. The van der Waals surface area contributed by atoms with Crippen molar-refractivity contribution in [3.8, 4) is 11.4 Å². The van der Waals surface area contributed by atoms with Gasteiger partial charge in [0, 0.05) is 6.54 Å². The van der Waals surface area contributed by atoms with Crippen molar-refractivity contribution < 1.29 is 19.1 Å². The van der Waals surface area contributed by atoms with Crippen molar-refractivity contribution in [1.29, 1.82) is 0 Å². The van der Waals surface area contributed by atoms with E-state index in [1.165, 1.54) is 0 Å². The van der Waals surface area contributed by atoms with Gasteiger partial charge in [-0.25, -0.2) is 9.78 Å². The molecule has 1 amide bonds. The average Bonchev–Trinajstić information content (AvgIpc) is 3.24. The normalized spacial score (nSPS) is 18.2. The number of hydrogen-bond donors (Lipinski definition) is 0. The summed E-state index contributed by atoms with van der Waals surface area (Å²) in [6, 6.07) is 5.20. The van der Waals surface area contributed by atoms with E-state index in [4.69, 9.17) is 9.47 Å². The van der Waals surface area contributed by atoms with Gasteiger partial charge in [-0.15, -0.1) is 0 Å². The molecule has 3 heterocycles. The number of methoxy groups -OCH3 is 1. The Bertz CT molecular complexity index is 887. The number of aromatic nitrogens is 2. The molecule has 1 aromatic carbocycles. The first-order valence-corrected chi connectivity index (χ1v) is 8.79. The topological polar surface area (TPSA) is 73.7 Å². The van der Waals surface area contributed by atoms with Gasteiger partial charge in [-0.2, -0.15) is 0 Å². The van der Waals surface area contributed by atoms with Crippen LogP contribution in [-0.2, 0) is 4.74 Å². The van der Waals surface area contributed by atoms with Gasteiger partial charge in [-0.3, -0.25) is 9.36 Å². The molecular formula is C19H21N3O4. The zero-order chi connectivity index (χ0) is 18.4. The number of imidazole rings is 1. The highest BCUT2D eigenvalue weighted by atomic mass is 16.5. The molecule has 136 valence electrons. The summed E-state index contributed by atoms with van der Waals surface area (Å²) in [4.78, 5) is 31.9. The predicted molar refractivity (Wildman–Crippen MR) is 93.7 cm³/mol. The van der Waals surface area contributed by atoms with E-state index in [0.717, 1.165) is 18.5 Å². The maximum atomic E-state index is 13.1. The Labute approximate surface area is 151 Å². The summed E-state index contributed by atoms with van der Waals surface area (Å²) in [5.41, 5.74) is 2.27. The molecule has 0 spiro atoms. The number of esters is 1. The third-order valence-corrected chi connectivity index (χ3v) is 4.86. The maximum Gasteiger partial charge on any atom is 0.359 e. The van der Waals surface area contributed by atoms with Gasteiger partial charge in [-0.1, -0.05) is 0 Å². The fourth-order valence-electron chi connectivity index (χ4n) is 3.77. The maximum absolute atomic E-state index is 13.1. The number of fused-ring (bicyclic) bond motifs is 5. The summed E-state index contributed by atoms with van der Waals surface area (Å²) in [5.74, 6) is 0.120. The van der Waals surface area contributed by atoms with E-state index in [9.17, 15) is 9.59 Å². The molecule has 0 aliphatic carbocycles. The second kappa shape index (κ2) is 6.16. The van der Waals surface area contributed by atoms with Crippen molar-refractivity contribution >= 4 is 11.9 Å². The number of amides is 1. The molecule has 4 rings (SSSR count). The van der Waals surface area contributed by atoms with E-state index < -0.39 is 5.97 Å². The number of ether oxygens (including phenoxy) is 2. The van der Waals surface area contributed by atoms with Crippen LogP contribution in [0.15, 0.2) is 24.5 Å². The first-order chi connectivity index (χ1) is 12.5. The van der Waals surface area contributed by atoms with E-state index in [1.54, 1.807) is 39.4 Å². The van der Waals surface area contributed by atoms with E-state index in [2.05, 4.69) is 4.98 Å². The van der Waals surface area contributed by atoms with Crippen LogP contribution < -0.4 is 4.74 Å². The van der Waals surface area contributed by atoms with Crippen molar-refractivity contribution in [3.05, 3.63) is 41.5 Å². The van der Waals surface area contributed by atoms with Gasteiger partial charge in [0.25, 0.3) is 5.91 Å². The number of benzene rings is 1. The highest BCUT2D eigenvalue weighted by Crippen LogP contribution is 2.40. The second-order valence-electron chi connectivity index (χ2n) is 6.84. The van der Waals surface area contributed by atoms with Crippen LogP contribution in [0.3, 0.4) is 0 Å². The van der Waals surface area contributed by atoms with Crippen LogP contribution in [0.2, 0.25) is 0 Å². The fraction of sp³-hybridized carbons (Fsp3) is 0.421. The van der Waals surface area contributed by atoms with Crippen molar-refractivity contribution in [2.45, 2.75) is 38.8 Å². The summed E-state index contributed by atoms with van der Waals surface area (Å²) in [6.45, 7) is 4.27. The highest BCUT2D eigenvalue weighted by molar-refractivity contribution is 6.00. The van der Waals surface area contributed by atoms with Gasteiger partial charge >= 0.3 is 5.97 Å². The predicted octanol–water partition coefficient (Wildman–Crippen LogP) is 2.74. The number of nitrogens with zero attached hydrogens (tertiary/aromatic N) is 3. The van der Waals surface area contributed by atoms with E-state index in [1.807, 2.05) is 15.5 Å². The monoisotopic (exact) mass is 355 g/mol. The molecule has 1 saturated heterocycles. The van der Waals surface area contributed by atoms with Crippen LogP contribution in [0, 0.1) is 0 Å². The molecule has 2 aliphatic rings. The van der Waals surface area contributed by atoms with Crippen molar-refractivity contribution in [3.63, 3.8) is 0 Å². The Hall–Kier alpha value is -2.83. The molecule has 7 nitrogen and oxygen atoms in total. The molecule has 0 bridgehead atoms. The highest BCUT2D eigenvalue weighted by Gasteiger charge is 2.40. The average molecular weight is 355 g/mol. The van der Waals surface area contributed by atoms with Gasteiger partial charge in [0.15, 0.2) is 5.69 Å². The smallest absolute Gasteiger partial charge is 0.359 e. The molecule has 1 atom stereocenters. The van der Waals surface area contributed by atoms with Crippen LogP contribution >= 0.6 is 0 Å². The van der Waals surface area contributed by atoms with Crippen molar-refractivity contribution in [2.24, 2.45) is 0 Å². The number of carbonyl (C=O) groups is 2. The molecule has 0 unspecified atom stereocenters. The molecule has 7 heteroatoms. The molecule has 0 radical (unpaired) electrons. The van der Waals surface area contributed by atoms with Crippen LogP contribution in [0.4, 0.5) is 0 Å². The Kier molecular flexibility index (Phi) is 3.94. The molecule has 2 aliphatic heterocycles. The molecule has 26 heavy (non-hydrogen) atoms. The second-order valence-corrected chi connectivity index (χ2v) is 6.84. The molecule has 1 aromatic heterocycles. The summed E-state index contributed by atoms with van der Waals surface area (Å²) < 4.78 is 12.5. The SMILES string of the molecule is COc1ccc2c(c1)C(=O)N1CCC[C@H]1c1c(C(=O)OC(C)C)ncn1-2. The lowest BCUT2D eigenvalue weighted by Crippen LogP contribution is -2.30. The van der Waals surface area contributed by atoms with Crippen LogP contribution in [0.25, 0.3) is 5.69 Å². The van der Waals surface area contributed by atoms with Crippen LogP contribution in [0.5, 0.6) is 5.75 Å². The van der Waals surface area contributed by atoms with Gasteiger partial charge in [0.2, 0.25) is 0 Å². The first-order valence-electron chi connectivity index (χ1n) is 8.79. The van der Waals surface area contributed by atoms with Crippen LogP contribution in [0.1, 0.15) is 59.3 Å². The Balaban J connectivity index is 1.92. The molecular weight excluding hydrogens is 334 g/mol. The minimum Gasteiger partial charge on any atom is -0.497 e. The molecule has 2 aromatic rings. The zero-order valence-corrected chi connectivity index (χ0v) is 15.1. The van der Waals surface area contributed by atoms with Crippen molar-refractivity contribution in [1.82, 2.24) is 14.5 Å². The summed E-state index contributed by atoms with van der Waals surface area (Å²) >= 11 is 0. The molecule has 0 N–H and O–H groups in total. The van der Waals surface area contributed by atoms with Gasteiger partial charge in [0.1, 0.15) is 12.1 Å². The van der Waals surface area contributed by atoms with E-state index in [-0.39, 0.29) is 23.7 Å². The Morgan fingerprint density at radius 3 is 2.88 bits per heavy atom. The number of hydrogen-bond acceptors (Lipinski definition) is 5.